The van der Waals surface area contributed by atoms with Gasteiger partial charge in [-0.2, -0.15) is 0 Å². The molecule has 1 aliphatic rings. The highest BCUT2D eigenvalue weighted by Gasteiger charge is 2.35. The number of hydrogen-bond acceptors (Lipinski definition) is 3. The third-order valence-corrected chi connectivity index (χ3v) is 6.82. The van der Waals surface area contributed by atoms with Crippen LogP contribution >= 0.6 is 0 Å². The molecule has 0 radical (unpaired) electrons. The molecule has 150 valence electrons. The van der Waals surface area contributed by atoms with Gasteiger partial charge in [0.2, 0.25) is 15.9 Å². The van der Waals surface area contributed by atoms with E-state index in [4.69, 9.17) is 0 Å². The number of benzene rings is 2. The fourth-order valence-corrected chi connectivity index (χ4v) is 4.80. The van der Waals surface area contributed by atoms with E-state index in [1.807, 2.05) is 18.2 Å². The third-order valence-electron chi connectivity index (χ3n) is 5.34. The number of hydrogen-bond donors (Lipinski definition) is 2. The maximum atomic E-state index is 12.9. The Morgan fingerprint density at radius 3 is 2.29 bits per heavy atom. The minimum Gasteiger partial charge on any atom is -0.355 e. The standard InChI is InChI=1S/C21H25FN2O3S/c22-18-8-10-19(11-9-18)28(26,27)24-15-12-20(25)23-16-21(13-4-5-14-21)17-6-2-1-3-7-17/h1-3,6-11,24H,4-5,12-16H2,(H,23,25). The van der Waals surface area contributed by atoms with Gasteiger partial charge in [-0.15, -0.1) is 0 Å². The van der Waals surface area contributed by atoms with E-state index in [0.717, 1.165) is 37.8 Å². The Labute approximate surface area is 165 Å². The quantitative estimate of drug-likeness (QED) is 0.710. The van der Waals surface area contributed by atoms with Crippen molar-refractivity contribution in [1.82, 2.24) is 10.0 Å². The van der Waals surface area contributed by atoms with Gasteiger partial charge >= 0.3 is 0 Å². The van der Waals surface area contributed by atoms with Gasteiger partial charge in [0.05, 0.1) is 4.90 Å². The van der Waals surface area contributed by atoms with Crippen molar-refractivity contribution >= 4 is 15.9 Å². The van der Waals surface area contributed by atoms with Crippen molar-refractivity contribution in [2.24, 2.45) is 0 Å². The molecule has 5 nitrogen and oxygen atoms in total. The molecule has 0 unspecified atom stereocenters. The van der Waals surface area contributed by atoms with Crippen molar-refractivity contribution in [1.29, 1.82) is 0 Å². The fraction of sp³-hybridized carbons (Fsp3) is 0.381. The SMILES string of the molecule is O=C(CCNS(=O)(=O)c1ccc(F)cc1)NCC1(c2ccccc2)CCCC1. The number of nitrogens with one attached hydrogen (secondary N) is 2. The maximum Gasteiger partial charge on any atom is 0.240 e. The summed E-state index contributed by atoms with van der Waals surface area (Å²) in [5.74, 6) is -0.693. The molecule has 2 aromatic rings. The Morgan fingerprint density at radius 2 is 1.64 bits per heavy atom. The maximum absolute atomic E-state index is 12.9. The highest BCUT2D eigenvalue weighted by Crippen LogP contribution is 2.40. The number of halogens is 1. The van der Waals surface area contributed by atoms with Crippen LogP contribution in [0.3, 0.4) is 0 Å². The molecule has 0 atom stereocenters. The molecule has 7 heteroatoms. The number of carbonyl (C=O) groups excluding carboxylic acids is 1. The van der Waals surface area contributed by atoms with Crippen LogP contribution in [-0.2, 0) is 20.2 Å². The summed E-state index contributed by atoms with van der Waals surface area (Å²) >= 11 is 0. The topological polar surface area (TPSA) is 75.3 Å². The van der Waals surface area contributed by atoms with Crippen LogP contribution in [-0.4, -0.2) is 27.4 Å². The summed E-state index contributed by atoms with van der Waals surface area (Å²) in [5, 5.41) is 2.97. The summed E-state index contributed by atoms with van der Waals surface area (Å²) in [6.07, 6.45) is 4.40. The summed E-state index contributed by atoms with van der Waals surface area (Å²) in [7, 11) is -3.76. The fourth-order valence-electron chi connectivity index (χ4n) is 3.76. The van der Waals surface area contributed by atoms with Crippen LogP contribution in [0.4, 0.5) is 4.39 Å². The lowest BCUT2D eigenvalue weighted by Crippen LogP contribution is -2.40. The van der Waals surface area contributed by atoms with Gasteiger partial charge in [-0.3, -0.25) is 4.79 Å². The summed E-state index contributed by atoms with van der Waals surface area (Å²) in [6.45, 7) is 0.546. The van der Waals surface area contributed by atoms with Gasteiger partial charge < -0.3 is 5.32 Å². The van der Waals surface area contributed by atoms with Crippen molar-refractivity contribution in [3.63, 3.8) is 0 Å². The Bertz CT molecular complexity index is 893. The Kier molecular flexibility index (Phi) is 6.46. The average Bonchev–Trinajstić information content (AvgIpc) is 3.18. The first-order valence-corrected chi connectivity index (χ1v) is 11.0. The first-order chi connectivity index (χ1) is 13.4. The van der Waals surface area contributed by atoms with Crippen LogP contribution in [0, 0.1) is 5.82 Å². The van der Waals surface area contributed by atoms with Crippen LogP contribution < -0.4 is 10.0 Å². The largest absolute Gasteiger partial charge is 0.355 e. The molecule has 2 N–H and O–H groups in total. The molecular formula is C21H25FN2O3S. The third kappa shape index (κ3) is 4.97. The van der Waals surface area contributed by atoms with E-state index in [2.05, 4.69) is 22.2 Å². The van der Waals surface area contributed by atoms with E-state index in [1.165, 1.54) is 17.7 Å². The monoisotopic (exact) mass is 404 g/mol. The summed E-state index contributed by atoms with van der Waals surface area (Å²) in [4.78, 5) is 12.2. The minimum absolute atomic E-state index is 0.0100. The lowest BCUT2D eigenvalue weighted by molar-refractivity contribution is -0.121. The average molecular weight is 405 g/mol. The molecule has 1 amide bonds. The number of amides is 1. The molecule has 28 heavy (non-hydrogen) atoms. The number of rotatable bonds is 8. The van der Waals surface area contributed by atoms with Crippen LogP contribution in [0.25, 0.3) is 0 Å². The van der Waals surface area contributed by atoms with Crippen LogP contribution in [0.1, 0.15) is 37.7 Å². The van der Waals surface area contributed by atoms with Crippen LogP contribution in [0.2, 0.25) is 0 Å². The first-order valence-electron chi connectivity index (χ1n) is 9.49. The highest BCUT2D eigenvalue weighted by molar-refractivity contribution is 7.89. The van der Waals surface area contributed by atoms with Gasteiger partial charge in [0, 0.05) is 24.9 Å². The molecule has 0 bridgehead atoms. The second kappa shape index (κ2) is 8.84. The molecule has 0 aliphatic heterocycles. The molecule has 3 rings (SSSR count). The van der Waals surface area contributed by atoms with Gasteiger partial charge in [-0.1, -0.05) is 43.2 Å². The molecule has 0 spiro atoms. The molecule has 1 aliphatic carbocycles. The van der Waals surface area contributed by atoms with Crippen molar-refractivity contribution in [3.8, 4) is 0 Å². The minimum atomic E-state index is -3.76. The molecule has 2 aromatic carbocycles. The lowest BCUT2D eigenvalue weighted by atomic mass is 9.79. The molecule has 0 aromatic heterocycles. The number of carbonyl (C=O) groups is 1. The van der Waals surface area contributed by atoms with E-state index in [1.54, 1.807) is 0 Å². The lowest BCUT2D eigenvalue weighted by Gasteiger charge is -2.30. The first kappa shape index (κ1) is 20.5. The molecule has 1 fully saturated rings. The Balaban J connectivity index is 1.51. The van der Waals surface area contributed by atoms with Crippen molar-refractivity contribution < 1.29 is 17.6 Å². The van der Waals surface area contributed by atoms with Crippen molar-refractivity contribution in [2.45, 2.75) is 42.4 Å². The molecule has 1 saturated carbocycles. The summed E-state index contributed by atoms with van der Waals surface area (Å²) in [5.41, 5.74) is 1.20. The zero-order valence-electron chi connectivity index (χ0n) is 15.7. The smallest absolute Gasteiger partial charge is 0.240 e. The van der Waals surface area contributed by atoms with Gasteiger partial charge in [-0.05, 0) is 42.7 Å². The van der Waals surface area contributed by atoms with Gasteiger partial charge in [-0.25, -0.2) is 17.5 Å². The van der Waals surface area contributed by atoms with Crippen molar-refractivity contribution in [2.75, 3.05) is 13.1 Å². The predicted octanol–water partition coefficient (Wildman–Crippen LogP) is 3.12. The molecular weight excluding hydrogens is 379 g/mol. The van der Waals surface area contributed by atoms with Gasteiger partial charge in [0.25, 0.3) is 0 Å². The number of sulfonamides is 1. The molecule has 0 heterocycles. The second-order valence-electron chi connectivity index (χ2n) is 7.23. The van der Waals surface area contributed by atoms with Crippen molar-refractivity contribution in [3.05, 3.63) is 66.0 Å². The van der Waals surface area contributed by atoms with E-state index >= 15 is 0 Å². The van der Waals surface area contributed by atoms with E-state index in [9.17, 15) is 17.6 Å². The molecule has 0 saturated heterocycles. The van der Waals surface area contributed by atoms with E-state index in [-0.39, 0.29) is 29.2 Å². The Morgan fingerprint density at radius 1 is 1.00 bits per heavy atom. The Hall–Kier alpha value is -2.25. The second-order valence-corrected chi connectivity index (χ2v) is 9.00. The highest BCUT2D eigenvalue weighted by atomic mass is 32.2. The van der Waals surface area contributed by atoms with E-state index < -0.39 is 15.8 Å². The van der Waals surface area contributed by atoms with Gasteiger partial charge in [0.15, 0.2) is 0 Å². The van der Waals surface area contributed by atoms with E-state index in [0.29, 0.717) is 6.54 Å². The van der Waals surface area contributed by atoms with Crippen LogP contribution in [0.15, 0.2) is 59.5 Å². The predicted molar refractivity (Wildman–Crippen MR) is 106 cm³/mol. The normalized spacial score (nSPS) is 16.0. The van der Waals surface area contributed by atoms with Gasteiger partial charge in [0.1, 0.15) is 5.82 Å². The summed E-state index contributed by atoms with van der Waals surface area (Å²) < 4.78 is 39.6. The zero-order chi connectivity index (χ0) is 20.0. The summed E-state index contributed by atoms with van der Waals surface area (Å²) in [6, 6.07) is 14.8. The zero-order valence-corrected chi connectivity index (χ0v) is 16.5. The van der Waals surface area contributed by atoms with Crippen LogP contribution in [0.5, 0.6) is 0 Å².